The van der Waals surface area contributed by atoms with E-state index in [2.05, 4.69) is 6.07 Å². The van der Waals surface area contributed by atoms with Crippen LogP contribution in [-0.2, 0) is 9.59 Å². The van der Waals surface area contributed by atoms with Gasteiger partial charge in [-0.1, -0.05) is 29.5 Å². The van der Waals surface area contributed by atoms with Crippen molar-refractivity contribution in [2.24, 2.45) is 5.92 Å². The van der Waals surface area contributed by atoms with Crippen molar-refractivity contribution in [2.75, 3.05) is 23.0 Å². The minimum atomic E-state index is -0.470. The molecule has 1 aliphatic rings. The van der Waals surface area contributed by atoms with Crippen molar-refractivity contribution in [2.45, 2.75) is 27.2 Å². The molecule has 35 heavy (non-hydrogen) atoms. The van der Waals surface area contributed by atoms with Gasteiger partial charge < -0.3 is 9.64 Å². The quantitative estimate of drug-likeness (QED) is 0.335. The topological polar surface area (TPSA) is 62.7 Å². The van der Waals surface area contributed by atoms with Gasteiger partial charge >= 0.3 is 0 Å². The lowest BCUT2D eigenvalue weighted by molar-refractivity contribution is -0.123. The molecule has 178 valence electrons. The van der Waals surface area contributed by atoms with E-state index < -0.39 is 5.92 Å². The van der Waals surface area contributed by atoms with Gasteiger partial charge in [0.2, 0.25) is 11.8 Å². The van der Waals surface area contributed by atoms with Crippen LogP contribution in [-0.4, -0.2) is 29.9 Å². The van der Waals surface area contributed by atoms with Crippen molar-refractivity contribution < 1.29 is 14.3 Å². The van der Waals surface area contributed by atoms with Gasteiger partial charge in [-0.05, 0) is 80.4 Å². The van der Waals surface area contributed by atoms with E-state index in [1.54, 1.807) is 9.80 Å². The zero-order chi connectivity index (χ0) is 24.5. The molecule has 1 aromatic heterocycles. The maximum Gasteiger partial charge on any atom is 0.238 e. The van der Waals surface area contributed by atoms with Crippen molar-refractivity contribution in [1.82, 2.24) is 4.98 Å². The summed E-state index contributed by atoms with van der Waals surface area (Å²) in [6.45, 7) is 6.88. The molecule has 7 heteroatoms. The Morgan fingerprint density at radius 1 is 1.09 bits per heavy atom. The number of thiazole rings is 1. The zero-order valence-corrected chi connectivity index (χ0v) is 20.8. The number of para-hydroxylation sites is 1. The Bertz CT molecular complexity index is 1340. The first-order valence-electron chi connectivity index (χ1n) is 11.7. The molecule has 1 unspecified atom stereocenters. The fraction of sp³-hybridized carbons (Fsp3) is 0.250. The first kappa shape index (κ1) is 23.1. The Labute approximate surface area is 208 Å². The van der Waals surface area contributed by atoms with E-state index in [-0.39, 0.29) is 18.2 Å². The fourth-order valence-electron chi connectivity index (χ4n) is 4.56. The van der Waals surface area contributed by atoms with Gasteiger partial charge in [0, 0.05) is 18.7 Å². The monoisotopic (exact) mass is 485 g/mol. The Hall–Kier alpha value is -3.71. The number of rotatable bonds is 6. The van der Waals surface area contributed by atoms with Crippen LogP contribution < -0.4 is 14.5 Å². The molecule has 1 saturated heterocycles. The van der Waals surface area contributed by atoms with E-state index in [0.29, 0.717) is 18.3 Å². The molecule has 0 bridgehead atoms. The van der Waals surface area contributed by atoms with Crippen molar-refractivity contribution in [3.05, 3.63) is 77.9 Å². The number of ether oxygens (including phenoxy) is 1. The molecule has 2 amide bonds. The second-order valence-electron chi connectivity index (χ2n) is 8.82. The van der Waals surface area contributed by atoms with Crippen LogP contribution in [0.4, 0.5) is 16.5 Å². The first-order valence-corrected chi connectivity index (χ1v) is 12.6. The number of carbonyl (C=O) groups excluding carboxylic acids is 2. The lowest BCUT2D eigenvalue weighted by Crippen LogP contribution is -2.34. The second-order valence-corrected chi connectivity index (χ2v) is 9.83. The minimum absolute atomic E-state index is 0.0582. The van der Waals surface area contributed by atoms with E-state index in [9.17, 15) is 9.59 Å². The summed E-state index contributed by atoms with van der Waals surface area (Å²) in [6, 6.07) is 21.4. The molecule has 5 rings (SSSR count). The molecule has 0 radical (unpaired) electrons. The Morgan fingerprint density at radius 3 is 2.49 bits per heavy atom. The van der Waals surface area contributed by atoms with Crippen molar-refractivity contribution >= 4 is 49.9 Å². The Balaban J connectivity index is 1.48. The summed E-state index contributed by atoms with van der Waals surface area (Å²) < 4.78 is 6.53. The predicted octanol–water partition coefficient (Wildman–Crippen LogP) is 6.03. The largest absolute Gasteiger partial charge is 0.494 e. The molecule has 0 saturated carbocycles. The van der Waals surface area contributed by atoms with Crippen LogP contribution in [0.2, 0.25) is 0 Å². The highest BCUT2D eigenvalue weighted by atomic mass is 32.1. The first-order chi connectivity index (χ1) is 16.9. The molecule has 0 N–H and O–H groups in total. The highest BCUT2D eigenvalue weighted by Crippen LogP contribution is 2.37. The number of anilines is 3. The number of carbonyl (C=O) groups is 2. The molecule has 1 aliphatic heterocycles. The van der Waals surface area contributed by atoms with E-state index in [1.807, 2.05) is 81.4 Å². The standard InChI is InChI=1S/C28H27N3O3S/c1-4-34-23-11-9-21(10-12-23)30-17-20(16-26(30)32)27(33)31(22-14-18(2)13-19(3)15-22)28-29-24-7-5-6-8-25(24)35-28/h5-15,20H,4,16-17H2,1-3H3. The average Bonchev–Trinajstić information content (AvgIpc) is 3.43. The minimum Gasteiger partial charge on any atom is -0.494 e. The summed E-state index contributed by atoms with van der Waals surface area (Å²) in [5, 5.41) is 0.619. The third-order valence-electron chi connectivity index (χ3n) is 6.09. The van der Waals surface area contributed by atoms with Crippen LogP contribution in [0, 0.1) is 19.8 Å². The normalized spacial score (nSPS) is 15.6. The number of fused-ring (bicyclic) bond motifs is 1. The summed E-state index contributed by atoms with van der Waals surface area (Å²) in [7, 11) is 0. The van der Waals surface area contributed by atoms with Crippen LogP contribution in [0.3, 0.4) is 0 Å². The van der Waals surface area contributed by atoms with Gasteiger partial charge in [0.1, 0.15) is 5.75 Å². The molecular weight excluding hydrogens is 458 g/mol. The van der Waals surface area contributed by atoms with Crippen LogP contribution in [0.1, 0.15) is 24.5 Å². The molecular formula is C28H27N3O3S. The van der Waals surface area contributed by atoms with Crippen LogP contribution in [0.5, 0.6) is 5.75 Å². The Morgan fingerprint density at radius 2 is 1.80 bits per heavy atom. The van der Waals surface area contributed by atoms with Crippen molar-refractivity contribution in [3.8, 4) is 5.75 Å². The number of aromatic nitrogens is 1. The van der Waals surface area contributed by atoms with E-state index >= 15 is 0 Å². The molecule has 2 heterocycles. The average molecular weight is 486 g/mol. The number of amides is 2. The summed E-state index contributed by atoms with van der Waals surface area (Å²) in [6.07, 6.45) is 0.165. The van der Waals surface area contributed by atoms with Gasteiger partial charge in [-0.25, -0.2) is 4.98 Å². The summed E-state index contributed by atoms with van der Waals surface area (Å²) in [4.78, 5) is 35.1. The van der Waals surface area contributed by atoms with Crippen LogP contribution in [0.25, 0.3) is 10.2 Å². The third-order valence-corrected chi connectivity index (χ3v) is 7.11. The van der Waals surface area contributed by atoms with E-state index in [1.165, 1.54) is 11.3 Å². The maximum absolute atomic E-state index is 14.0. The van der Waals surface area contributed by atoms with Gasteiger partial charge in [-0.3, -0.25) is 14.5 Å². The van der Waals surface area contributed by atoms with Crippen LogP contribution >= 0.6 is 11.3 Å². The lowest BCUT2D eigenvalue weighted by atomic mass is 10.1. The maximum atomic E-state index is 14.0. The number of hydrogen-bond acceptors (Lipinski definition) is 5. The number of hydrogen-bond donors (Lipinski definition) is 0. The summed E-state index contributed by atoms with van der Waals surface area (Å²) in [5.74, 6) is 0.113. The summed E-state index contributed by atoms with van der Waals surface area (Å²) in [5.41, 5.74) is 4.54. The second kappa shape index (κ2) is 9.50. The molecule has 6 nitrogen and oxygen atoms in total. The highest BCUT2D eigenvalue weighted by Gasteiger charge is 2.39. The van der Waals surface area contributed by atoms with Gasteiger partial charge in [-0.15, -0.1) is 0 Å². The van der Waals surface area contributed by atoms with Gasteiger partial charge in [0.05, 0.1) is 28.4 Å². The molecule has 3 aromatic carbocycles. The van der Waals surface area contributed by atoms with E-state index in [0.717, 1.165) is 38.5 Å². The van der Waals surface area contributed by atoms with Gasteiger partial charge in [0.25, 0.3) is 0 Å². The number of benzene rings is 3. The smallest absolute Gasteiger partial charge is 0.238 e. The molecule has 0 spiro atoms. The zero-order valence-electron chi connectivity index (χ0n) is 20.0. The number of nitrogens with zero attached hydrogens (tertiary/aromatic N) is 3. The van der Waals surface area contributed by atoms with E-state index in [4.69, 9.17) is 9.72 Å². The predicted molar refractivity (Wildman–Crippen MR) is 141 cm³/mol. The van der Waals surface area contributed by atoms with Crippen LogP contribution in [0.15, 0.2) is 66.7 Å². The molecule has 1 fully saturated rings. The third kappa shape index (κ3) is 4.64. The van der Waals surface area contributed by atoms with Crippen molar-refractivity contribution in [3.63, 3.8) is 0 Å². The lowest BCUT2D eigenvalue weighted by Gasteiger charge is -2.24. The summed E-state index contributed by atoms with van der Waals surface area (Å²) >= 11 is 1.48. The highest BCUT2D eigenvalue weighted by molar-refractivity contribution is 7.22. The van der Waals surface area contributed by atoms with Gasteiger partial charge in [-0.2, -0.15) is 0 Å². The SMILES string of the molecule is CCOc1ccc(N2CC(C(=O)N(c3cc(C)cc(C)c3)c3nc4ccccc4s3)CC2=O)cc1. The van der Waals surface area contributed by atoms with Gasteiger partial charge in [0.15, 0.2) is 5.13 Å². The molecule has 4 aromatic rings. The molecule has 1 atom stereocenters. The fourth-order valence-corrected chi connectivity index (χ4v) is 5.55. The van der Waals surface area contributed by atoms with Crippen molar-refractivity contribution in [1.29, 1.82) is 0 Å². The number of aryl methyl sites for hydroxylation is 2. The molecule has 0 aliphatic carbocycles. The Kier molecular flexibility index (Phi) is 6.26.